The van der Waals surface area contributed by atoms with Crippen molar-refractivity contribution in [3.8, 4) is 11.1 Å². The summed E-state index contributed by atoms with van der Waals surface area (Å²) in [6, 6.07) is 8.88. The number of hydrogen-bond acceptors (Lipinski definition) is 6. The molecule has 4 rings (SSSR count). The Morgan fingerprint density at radius 3 is 2.48 bits per heavy atom. The zero-order chi connectivity index (χ0) is 18.8. The monoisotopic (exact) mass is 382 g/mol. The molecule has 142 valence electrons. The fourth-order valence-corrected chi connectivity index (χ4v) is 4.59. The van der Waals surface area contributed by atoms with Crippen LogP contribution in [0.4, 0.5) is 5.82 Å². The van der Waals surface area contributed by atoms with Crippen molar-refractivity contribution in [3.05, 3.63) is 41.5 Å². The molecule has 27 heavy (non-hydrogen) atoms. The Balaban J connectivity index is 1.68. The van der Waals surface area contributed by atoms with Gasteiger partial charge in [-0.15, -0.1) is 11.3 Å². The molecular formula is C21H26N4OS. The molecule has 1 aliphatic rings. The maximum atomic E-state index is 9.16. The summed E-state index contributed by atoms with van der Waals surface area (Å²) < 4.78 is 0. The van der Waals surface area contributed by atoms with E-state index in [0.717, 1.165) is 48.8 Å². The number of aliphatic hydroxyl groups excluding tert-OH is 1. The van der Waals surface area contributed by atoms with E-state index in [-0.39, 0.29) is 6.61 Å². The van der Waals surface area contributed by atoms with Gasteiger partial charge in [0.2, 0.25) is 0 Å². The molecule has 1 aliphatic heterocycles. The summed E-state index contributed by atoms with van der Waals surface area (Å²) in [6.07, 6.45) is 1.68. The van der Waals surface area contributed by atoms with E-state index in [1.807, 2.05) is 0 Å². The van der Waals surface area contributed by atoms with Gasteiger partial charge in [-0.1, -0.05) is 38.1 Å². The lowest BCUT2D eigenvalue weighted by Crippen LogP contribution is -2.47. The molecule has 5 nitrogen and oxygen atoms in total. The SMILES string of the molecule is CC(C)c1ccc(-c2csc3ncnc(N4CCN(CCO)CC4)c23)cc1. The molecule has 2 aromatic heterocycles. The Kier molecular flexibility index (Phi) is 5.38. The highest BCUT2D eigenvalue weighted by molar-refractivity contribution is 7.17. The van der Waals surface area contributed by atoms with Crippen molar-refractivity contribution < 1.29 is 5.11 Å². The van der Waals surface area contributed by atoms with E-state index in [9.17, 15) is 0 Å². The van der Waals surface area contributed by atoms with Crippen LogP contribution in [-0.2, 0) is 0 Å². The van der Waals surface area contributed by atoms with Crippen molar-refractivity contribution in [1.29, 1.82) is 0 Å². The quantitative estimate of drug-likeness (QED) is 0.731. The minimum Gasteiger partial charge on any atom is -0.395 e. The van der Waals surface area contributed by atoms with Gasteiger partial charge >= 0.3 is 0 Å². The van der Waals surface area contributed by atoms with Crippen molar-refractivity contribution in [2.45, 2.75) is 19.8 Å². The minimum absolute atomic E-state index is 0.221. The number of aromatic nitrogens is 2. The minimum atomic E-state index is 0.221. The van der Waals surface area contributed by atoms with Crippen molar-refractivity contribution in [3.63, 3.8) is 0 Å². The molecule has 1 aromatic carbocycles. The van der Waals surface area contributed by atoms with E-state index in [2.05, 4.69) is 63.3 Å². The fourth-order valence-electron chi connectivity index (χ4n) is 3.68. The summed E-state index contributed by atoms with van der Waals surface area (Å²) in [5, 5.41) is 12.5. The van der Waals surface area contributed by atoms with Gasteiger partial charge in [0.25, 0.3) is 0 Å². The molecule has 0 unspecified atom stereocenters. The van der Waals surface area contributed by atoms with Crippen molar-refractivity contribution in [1.82, 2.24) is 14.9 Å². The van der Waals surface area contributed by atoms with Gasteiger partial charge in [0.05, 0.1) is 12.0 Å². The Hall–Kier alpha value is -2.02. The number of thiophene rings is 1. The highest BCUT2D eigenvalue weighted by Gasteiger charge is 2.22. The standard InChI is InChI=1S/C21H26N4OS/c1-15(2)16-3-5-17(6-4-16)18-13-27-21-19(18)20(22-14-23-21)25-9-7-24(8-10-25)11-12-26/h3-6,13-15,26H,7-12H2,1-2H3. The molecule has 0 bridgehead atoms. The molecule has 0 aliphatic carbocycles. The molecule has 0 amide bonds. The predicted molar refractivity (Wildman–Crippen MR) is 113 cm³/mol. The summed E-state index contributed by atoms with van der Waals surface area (Å²) in [5.74, 6) is 1.57. The van der Waals surface area contributed by atoms with Crippen LogP contribution in [0.1, 0.15) is 25.3 Å². The van der Waals surface area contributed by atoms with Gasteiger partial charge in [-0.25, -0.2) is 9.97 Å². The Labute approximate surface area is 164 Å². The van der Waals surface area contributed by atoms with Crippen LogP contribution in [0.5, 0.6) is 0 Å². The zero-order valence-electron chi connectivity index (χ0n) is 15.9. The maximum absolute atomic E-state index is 9.16. The molecule has 6 heteroatoms. The lowest BCUT2D eigenvalue weighted by Gasteiger charge is -2.35. The molecule has 0 radical (unpaired) electrons. The molecule has 0 saturated carbocycles. The maximum Gasteiger partial charge on any atom is 0.141 e. The smallest absolute Gasteiger partial charge is 0.141 e. The van der Waals surface area contributed by atoms with Crippen molar-refractivity contribution in [2.75, 3.05) is 44.2 Å². The van der Waals surface area contributed by atoms with E-state index in [1.165, 1.54) is 16.7 Å². The lowest BCUT2D eigenvalue weighted by atomic mass is 9.99. The molecule has 3 aromatic rings. The number of β-amino-alcohol motifs (C(OH)–C–C–N with tert-alkyl or cyclic N) is 1. The number of piperazine rings is 1. The molecule has 0 atom stereocenters. The van der Waals surface area contributed by atoms with Gasteiger partial charge in [0, 0.05) is 43.7 Å². The summed E-state index contributed by atoms with van der Waals surface area (Å²) in [4.78, 5) is 14.9. The van der Waals surface area contributed by atoms with Crippen LogP contribution in [-0.4, -0.2) is 59.3 Å². The second kappa shape index (κ2) is 7.92. The van der Waals surface area contributed by atoms with E-state index in [0.29, 0.717) is 5.92 Å². The highest BCUT2D eigenvalue weighted by Crippen LogP contribution is 2.38. The first-order valence-electron chi connectivity index (χ1n) is 9.58. The van der Waals surface area contributed by atoms with E-state index in [4.69, 9.17) is 5.11 Å². The third kappa shape index (κ3) is 3.70. The summed E-state index contributed by atoms with van der Waals surface area (Å²) in [7, 11) is 0. The normalized spacial score (nSPS) is 15.8. The number of hydrogen-bond donors (Lipinski definition) is 1. The third-order valence-electron chi connectivity index (χ3n) is 5.33. The first-order chi connectivity index (χ1) is 13.2. The molecular weight excluding hydrogens is 356 g/mol. The summed E-state index contributed by atoms with van der Waals surface area (Å²) >= 11 is 1.68. The van der Waals surface area contributed by atoms with Gasteiger partial charge < -0.3 is 10.0 Å². The second-order valence-electron chi connectivity index (χ2n) is 7.36. The molecule has 1 fully saturated rings. The van der Waals surface area contributed by atoms with E-state index < -0.39 is 0 Å². The fraction of sp³-hybridized carbons (Fsp3) is 0.429. The van der Waals surface area contributed by atoms with Crippen LogP contribution in [0.3, 0.4) is 0 Å². The highest BCUT2D eigenvalue weighted by atomic mass is 32.1. The van der Waals surface area contributed by atoms with E-state index >= 15 is 0 Å². The summed E-state index contributed by atoms with van der Waals surface area (Å²) in [5.41, 5.74) is 3.80. The molecule has 1 saturated heterocycles. The topological polar surface area (TPSA) is 52.5 Å². The van der Waals surface area contributed by atoms with Gasteiger partial charge in [0.1, 0.15) is 17.0 Å². The van der Waals surface area contributed by atoms with E-state index in [1.54, 1.807) is 17.7 Å². The van der Waals surface area contributed by atoms with Crippen molar-refractivity contribution >= 4 is 27.4 Å². The number of fused-ring (bicyclic) bond motifs is 1. The number of benzene rings is 1. The van der Waals surface area contributed by atoms with Crippen LogP contribution in [0, 0.1) is 0 Å². The Morgan fingerprint density at radius 1 is 1.07 bits per heavy atom. The van der Waals surface area contributed by atoms with Gasteiger partial charge in [0.15, 0.2) is 0 Å². The second-order valence-corrected chi connectivity index (χ2v) is 8.21. The molecule has 3 heterocycles. The largest absolute Gasteiger partial charge is 0.395 e. The van der Waals surface area contributed by atoms with Crippen molar-refractivity contribution in [2.24, 2.45) is 0 Å². The predicted octanol–water partition coefficient (Wildman–Crippen LogP) is 3.60. The lowest BCUT2D eigenvalue weighted by molar-refractivity contribution is 0.188. The molecule has 1 N–H and O–H groups in total. The zero-order valence-corrected chi connectivity index (χ0v) is 16.7. The van der Waals surface area contributed by atoms with Crippen LogP contribution >= 0.6 is 11.3 Å². The Morgan fingerprint density at radius 2 is 1.81 bits per heavy atom. The average Bonchev–Trinajstić information content (AvgIpc) is 3.13. The van der Waals surface area contributed by atoms with Gasteiger partial charge in [-0.2, -0.15) is 0 Å². The van der Waals surface area contributed by atoms with Gasteiger partial charge in [-0.3, -0.25) is 4.90 Å². The first-order valence-corrected chi connectivity index (χ1v) is 10.5. The Bertz CT molecular complexity index is 898. The average molecular weight is 383 g/mol. The van der Waals surface area contributed by atoms with Crippen LogP contribution in [0.2, 0.25) is 0 Å². The van der Waals surface area contributed by atoms with Gasteiger partial charge in [-0.05, 0) is 17.0 Å². The van der Waals surface area contributed by atoms with Crippen LogP contribution < -0.4 is 4.90 Å². The summed E-state index contributed by atoms with van der Waals surface area (Å²) in [6.45, 7) is 9.16. The number of nitrogens with zero attached hydrogens (tertiary/aromatic N) is 4. The van der Waals surface area contributed by atoms with Crippen LogP contribution in [0.15, 0.2) is 36.0 Å². The third-order valence-corrected chi connectivity index (χ3v) is 6.21. The van der Waals surface area contributed by atoms with Crippen LogP contribution in [0.25, 0.3) is 21.3 Å². The first kappa shape index (κ1) is 18.3. The molecule has 0 spiro atoms. The number of anilines is 1. The number of rotatable bonds is 5. The number of aliphatic hydroxyl groups is 1.